The van der Waals surface area contributed by atoms with Crippen molar-refractivity contribution >= 4 is 23.4 Å². The van der Waals surface area contributed by atoms with Gasteiger partial charge in [0.25, 0.3) is 5.91 Å². The fraction of sp³-hybridized carbons (Fsp3) is 0.444. The molecule has 138 valence electrons. The summed E-state index contributed by atoms with van der Waals surface area (Å²) in [5.41, 5.74) is 0.355. The topological polar surface area (TPSA) is 88.9 Å². The molecular weight excluding hydrogens is 354 g/mol. The third kappa shape index (κ3) is 4.60. The van der Waals surface area contributed by atoms with Crippen LogP contribution >= 0.6 is 11.6 Å². The van der Waals surface area contributed by atoms with Crippen molar-refractivity contribution in [2.45, 2.75) is 38.6 Å². The summed E-state index contributed by atoms with van der Waals surface area (Å²) < 4.78 is 2.17. The highest BCUT2D eigenvalue weighted by molar-refractivity contribution is 6.33. The zero-order chi connectivity index (χ0) is 18.4. The third-order valence-corrected chi connectivity index (χ3v) is 4.71. The lowest BCUT2D eigenvalue weighted by atomic mass is 10.2. The van der Waals surface area contributed by atoms with Crippen molar-refractivity contribution in [2.75, 3.05) is 13.1 Å². The van der Waals surface area contributed by atoms with Crippen LogP contribution in [0.3, 0.4) is 0 Å². The predicted molar refractivity (Wildman–Crippen MR) is 98.1 cm³/mol. The fourth-order valence-corrected chi connectivity index (χ4v) is 3.23. The molecule has 0 spiro atoms. The number of carbonyl (C=O) groups excluding carboxylic acids is 2. The van der Waals surface area contributed by atoms with Gasteiger partial charge < -0.3 is 15.2 Å². The van der Waals surface area contributed by atoms with Crippen molar-refractivity contribution in [3.05, 3.63) is 46.5 Å². The van der Waals surface area contributed by atoms with Gasteiger partial charge in [0.05, 0.1) is 17.1 Å². The molecule has 0 radical (unpaired) electrons. The van der Waals surface area contributed by atoms with Gasteiger partial charge in [-0.15, -0.1) is 10.2 Å². The van der Waals surface area contributed by atoms with E-state index in [2.05, 4.69) is 25.4 Å². The number of rotatable bonds is 6. The van der Waals surface area contributed by atoms with Crippen LogP contribution in [0.25, 0.3) is 0 Å². The van der Waals surface area contributed by atoms with E-state index < -0.39 is 0 Å². The summed E-state index contributed by atoms with van der Waals surface area (Å²) in [6.45, 7) is 1.31. The molecule has 1 aliphatic rings. The lowest BCUT2D eigenvalue weighted by Gasteiger charge is -2.09. The predicted octanol–water partition coefficient (Wildman–Crippen LogP) is 1.75. The number of benzene rings is 1. The molecular formula is C18H22ClN5O2. The first-order valence-corrected chi connectivity index (χ1v) is 9.23. The molecule has 0 unspecified atom stereocenters. The Morgan fingerprint density at radius 3 is 2.81 bits per heavy atom. The van der Waals surface area contributed by atoms with Crippen LogP contribution in [0.1, 0.15) is 41.3 Å². The molecule has 2 amide bonds. The molecule has 2 N–H and O–H groups in total. The first-order chi connectivity index (χ1) is 12.6. The molecule has 0 saturated heterocycles. The second kappa shape index (κ2) is 8.80. The highest BCUT2D eigenvalue weighted by atomic mass is 35.5. The second-order valence-corrected chi connectivity index (χ2v) is 6.66. The van der Waals surface area contributed by atoms with E-state index >= 15 is 0 Å². The van der Waals surface area contributed by atoms with Gasteiger partial charge in [0.2, 0.25) is 5.91 Å². The van der Waals surface area contributed by atoms with Crippen LogP contribution < -0.4 is 10.6 Å². The monoisotopic (exact) mass is 375 g/mol. The van der Waals surface area contributed by atoms with E-state index in [1.165, 1.54) is 6.42 Å². The van der Waals surface area contributed by atoms with Crippen LogP contribution in [0.2, 0.25) is 5.02 Å². The molecule has 2 heterocycles. The van der Waals surface area contributed by atoms with Crippen LogP contribution in [0.5, 0.6) is 0 Å². The van der Waals surface area contributed by atoms with Crippen LogP contribution in [-0.4, -0.2) is 39.7 Å². The molecule has 8 heteroatoms. The Bertz CT molecular complexity index is 790. The van der Waals surface area contributed by atoms with E-state index in [1.807, 2.05) is 0 Å². The van der Waals surface area contributed by atoms with Gasteiger partial charge in [0, 0.05) is 25.9 Å². The highest BCUT2D eigenvalue weighted by Gasteiger charge is 2.15. The van der Waals surface area contributed by atoms with E-state index in [4.69, 9.17) is 11.6 Å². The van der Waals surface area contributed by atoms with Crippen molar-refractivity contribution in [1.82, 2.24) is 25.4 Å². The maximum absolute atomic E-state index is 12.0. The number of aryl methyl sites for hydroxylation is 1. The number of halogens is 1. The fourth-order valence-electron chi connectivity index (χ4n) is 3.01. The van der Waals surface area contributed by atoms with Gasteiger partial charge in [0.1, 0.15) is 11.6 Å². The molecule has 0 fully saturated rings. The van der Waals surface area contributed by atoms with Crippen molar-refractivity contribution in [3.8, 4) is 0 Å². The first-order valence-electron chi connectivity index (χ1n) is 8.85. The lowest BCUT2D eigenvalue weighted by Crippen LogP contribution is -2.38. The summed E-state index contributed by atoms with van der Waals surface area (Å²) in [5.74, 6) is 1.33. The average molecular weight is 376 g/mol. The SMILES string of the molecule is O=C(CNC(=O)c1ccccc1Cl)NCCc1nnc2n1CCCCC2. The maximum atomic E-state index is 12.0. The smallest absolute Gasteiger partial charge is 0.253 e. The van der Waals surface area contributed by atoms with Crippen molar-refractivity contribution in [2.24, 2.45) is 0 Å². The number of fused-ring (bicyclic) bond motifs is 1. The number of amides is 2. The highest BCUT2D eigenvalue weighted by Crippen LogP contribution is 2.15. The van der Waals surface area contributed by atoms with Crippen LogP contribution in [0.15, 0.2) is 24.3 Å². The summed E-state index contributed by atoms with van der Waals surface area (Å²) in [7, 11) is 0. The van der Waals surface area contributed by atoms with E-state index in [9.17, 15) is 9.59 Å². The normalized spacial score (nSPS) is 13.6. The molecule has 7 nitrogen and oxygen atoms in total. The van der Waals surface area contributed by atoms with Gasteiger partial charge in [-0.05, 0) is 25.0 Å². The van der Waals surface area contributed by atoms with Gasteiger partial charge in [-0.1, -0.05) is 30.2 Å². The standard InChI is InChI=1S/C18H22ClN5O2/c19-14-7-4-3-6-13(14)18(26)21-12-17(25)20-10-9-16-23-22-15-8-2-1-5-11-24(15)16/h3-4,6-7H,1-2,5,8-12H2,(H,20,25)(H,21,26). The Morgan fingerprint density at radius 2 is 1.96 bits per heavy atom. The number of hydrogen-bond donors (Lipinski definition) is 2. The van der Waals surface area contributed by atoms with Crippen molar-refractivity contribution < 1.29 is 9.59 Å². The molecule has 26 heavy (non-hydrogen) atoms. The van der Waals surface area contributed by atoms with Crippen LogP contribution in [-0.2, 0) is 24.2 Å². The molecule has 1 aromatic carbocycles. The minimum absolute atomic E-state index is 0.0952. The van der Waals surface area contributed by atoms with Crippen LogP contribution in [0, 0.1) is 0 Å². The summed E-state index contributed by atoms with van der Waals surface area (Å²) in [5, 5.41) is 14.2. The molecule has 0 saturated carbocycles. The molecule has 1 aromatic heterocycles. The molecule has 0 aliphatic carbocycles. The Balaban J connectivity index is 1.43. The van der Waals surface area contributed by atoms with Crippen molar-refractivity contribution in [3.63, 3.8) is 0 Å². The summed E-state index contributed by atoms with van der Waals surface area (Å²) in [6, 6.07) is 6.73. The molecule has 0 atom stereocenters. The summed E-state index contributed by atoms with van der Waals surface area (Å²) in [6.07, 6.45) is 5.09. The first kappa shape index (κ1) is 18.4. The number of carbonyl (C=O) groups is 2. The van der Waals surface area contributed by atoms with Crippen LogP contribution in [0.4, 0.5) is 0 Å². The Hall–Kier alpha value is -2.41. The van der Waals surface area contributed by atoms with Gasteiger partial charge >= 0.3 is 0 Å². The molecule has 2 aromatic rings. The van der Waals surface area contributed by atoms with Gasteiger partial charge in [-0.3, -0.25) is 9.59 Å². The minimum Gasteiger partial charge on any atom is -0.354 e. The maximum Gasteiger partial charge on any atom is 0.253 e. The van der Waals surface area contributed by atoms with E-state index in [-0.39, 0.29) is 18.4 Å². The second-order valence-electron chi connectivity index (χ2n) is 6.26. The number of aromatic nitrogens is 3. The molecule has 0 bridgehead atoms. The van der Waals surface area contributed by atoms with E-state index in [0.717, 1.165) is 37.5 Å². The quantitative estimate of drug-likeness (QED) is 0.805. The van der Waals surface area contributed by atoms with Crippen molar-refractivity contribution in [1.29, 1.82) is 0 Å². The zero-order valence-electron chi connectivity index (χ0n) is 14.5. The average Bonchev–Trinajstić information content (AvgIpc) is 2.87. The molecule has 1 aliphatic heterocycles. The largest absolute Gasteiger partial charge is 0.354 e. The Morgan fingerprint density at radius 1 is 1.12 bits per heavy atom. The summed E-state index contributed by atoms with van der Waals surface area (Å²) >= 11 is 5.97. The number of nitrogens with one attached hydrogen (secondary N) is 2. The van der Waals surface area contributed by atoms with Gasteiger partial charge in [0.15, 0.2) is 0 Å². The number of hydrogen-bond acceptors (Lipinski definition) is 4. The molecule has 3 rings (SSSR count). The summed E-state index contributed by atoms with van der Waals surface area (Å²) in [4.78, 5) is 24.0. The van der Waals surface area contributed by atoms with E-state index in [0.29, 0.717) is 23.6 Å². The number of nitrogens with zero attached hydrogens (tertiary/aromatic N) is 3. The van der Waals surface area contributed by atoms with Gasteiger partial charge in [-0.25, -0.2) is 0 Å². The zero-order valence-corrected chi connectivity index (χ0v) is 15.3. The Kier molecular flexibility index (Phi) is 6.22. The Labute approximate surface area is 157 Å². The minimum atomic E-state index is -0.367. The third-order valence-electron chi connectivity index (χ3n) is 4.38. The van der Waals surface area contributed by atoms with Gasteiger partial charge in [-0.2, -0.15) is 0 Å². The van der Waals surface area contributed by atoms with E-state index in [1.54, 1.807) is 24.3 Å². The lowest BCUT2D eigenvalue weighted by molar-refractivity contribution is -0.120.